The van der Waals surface area contributed by atoms with Gasteiger partial charge in [0.25, 0.3) is 5.56 Å². The normalized spacial score (nSPS) is 18.5. The maximum atomic E-state index is 14.2. The molecule has 254 valence electrons. The number of halogens is 1. The van der Waals surface area contributed by atoms with Gasteiger partial charge in [-0.25, -0.2) is 18.8 Å². The molecule has 4 aromatic rings. The largest absolute Gasteiger partial charge is 0.493 e. The van der Waals surface area contributed by atoms with E-state index in [0.717, 1.165) is 19.4 Å². The molecule has 2 N–H and O–H groups in total. The molecular formula is C36H44FN7O4. The van der Waals surface area contributed by atoms with E-state index >= 15 is 0 Å². The zero-order valence-electron chi connectivity index (χ0n) is 27.0. The van der Waals surface area contributed by atoms with E-state index in [1.165, 1.54) is 37.1 Å². The van der Waals surface area contributed by atoms with Crippen LogP contribution >= 0.6 is 0 Å². The van der Waals surface area contributed by atoms with Crippen molar-refractivity contribution in [2.75, 3.05) is 54.6 Å². The predicted molar refractivity (Wildman–Crippen MR) is 187 cm³/mol. The first-order chi connectivity index (χ1) is 23.4. The fourth-order valence-corrected chi connectivity index (χ4v) is 6.47. The monoisotopic (exact) mass is 657 g/mol. The van der Waals surface area contributed by atoms with E-state index in [9.17, 15) is 18.8 Å². The topological polar surface area (TPSA) is 112 Å². The summed E-state index contributed by atoms with van der Waals surface area (Å²) in [6, 6.07) is 18.7. The van der Waals surface area contributed by atoms with Crippen LogP contribution in [0.1, 0.15) is 47.3 Å². The average molecular weight is 658 g/mol. The van der Waals surface area contributed by atoms with Gasteiger partial charge in [-0.3, -0.25) is 14.5 Å². The maximum absolute atomic E-state index is 14.2. The van der Waals surface area contributed by atoms with Gasteiger partial charge in [-0.15, -0.1) is 0 Å². The Hall–Kier alpha value is -4.97. The van der Waals surface area contributed by atoms with Crippen molar-refractivity contribution in [1.29, 1.82) is 0 Å². The third kappa shape index (κ3) is 6.70. The first kappa shape index (κ1) is 31.6. The molecule has 1 unspecified atom stereocenters. The number of fused-ring (bicyclic) bond motifs is 1. The molecule has 12 heteroatoms. The number of aromatic nitrogens is 2. The Morgan fingerprint density at radius 2 is 1.75 bits per heavy atom. The average Bonchev–Trinajstić information content (AvgIpc) is 3.78. The van der Waals surface area contributed by atoms with Crippen molar-refractivity contribution in [2.45, 2.75) is 44.7 Å². The number of piperazine rings is 1. The standard InChI is InChI=1S/C36H40FN7O4.2H2/c1-24(43(36(47)39-27-12-10-26(37)11-13-27)28-14-16-29(17-15-28)48-23-25-8-9-25)33-40-31-6-3-2-5-30(31)34(45)44(33)42-21-19-41(20-22-42)35(46)32-7-4-18-38-32;;/h2-3,5-6,10-17,24-25,32,38H,4,7-9,18-23H2,1H3,(H,39,47);2*1H/t24?,32-;;/m0../s1. The molecule has 0 radical (unpaired) electrons. The zero-order chi connectivity index (χ0) is 33.2. The Morgan fingerprint density at radius 1 is 1.02 bits per heavy atom. The predicted octanol–water partition coefficient (Wildman–Crippen LogP) is 5.15. The molecule has 3 aromatic carbocycles. The highest BCUT2D eigenvalue weighted by molar-refractivity contribution is 6.02. The van der Waals surface area contributed by atoms with E-state index in [2.05, 4.69) is 10.6 Å². The molecule has 3 fully saturated rings. The lowest BCUT2D eigenvalue weighted by atomic mass is 10.1. The van der Waals surface area contributed by atoms with E-state index in [-0.39, 0.29) is 20.4 Å². The number of urea groups is 1. The van der Waals surface area contributed by atoms with Gasteiger partial charge < -0.3 is 25.3 Å². The molecule has 1 aliphatic carbocycles. The summed E-state index contributed by atoms with van der Waals surface area (Å²) in [5, 5.41) is 8.55. The summed E-state index contributed by atoms with van der Waals surface area (Å²) >= 11 is 0. The highest BCUT2D eigenvalue weighted by Gasteiger charge is 2.33. The summed E-state index contributed by atoms with van der Waals surface area (Å²) in [7, 11) is 0. The maximum Gasteiger partial charge on any atom is 0.326 e. The third-order valence-corrected chi connectivity index (χ3v) is 9.36. The molecule has 3 amide bonds. The van der Waals surface area contributed by atoms with Gasteiger partial charge in [0.1, 0.15) is 11.6 Å². The first-order valence-corrected chi connectivity index (χ1v) is 16.7. The van der Waals surface area contributed by atoms with Crippen LogP contribution < -0.4 is 30.8 Å². The Kier molecular flexibility index (Phi) is 8.98. The van der Waals surface area contributed by atoms with Crippen molar-refractivity contribution >= 4 is 34.2 Å². The molecule has 2 aliphatic heterocycles. The summed E-state index contributed by atoms with van der Waals surface area (Å²) in [5.74, 6) is 1.36. The summed E-state index contributed by atoms with van der Waals surface area (Å²) < 4.78 is 21.2. The molecule has 1 aromatic heterocycles. The number of carbonyl (C=O) groups excluding carboxylic acids is 2. The van der Waals surface area contributed by atoms with E-state index in [1.54, 1.807) is 27.8 Å². The smallest absolute Gasteiger partial charge is 0.326 e. The Bertz CT molecular complexity index is 1840. The van der Waals surface area contributed by atoms with Gasteiger partial charge in [-0.05, 0) is 106 Å². The number of hydrogen-bond acceptors (Lipinski definition) is 7. The number of rotatable bonds is 9. The summed E-state index contributed by atoms with van der Waals surface area (Å²) in [5.41, 5.74) is 1.26. The van der Waals surface area contributed by atoms with Crippen LogP contribution in [-0.4, -0.2) is 71.9 Å². The summed E-state index contributed by atoms with van der Waals surface area (Å²) in [6.45, 7) is 5.10. The van der Waals surface area contributed by atoms with Crippen molar-refractivity contribution in [3.8, 4) is 5.75 Å². The number of benzene rings is 3. The SMILES string of the molecule is CC(c1nc2ccccc2c(=O)n1N1CCN(C(=O)[C@@H]2CCCN2)CC1)N(C(=O)Nc1ccc(F)cc1)c1ccc(OCC2CC2)cc1.[HH].[HH]. The Labute approximate surface area is 281 Å². The van der Waals surface area contributed by atoms with Crippen LogP contribution in [-0.2, 0) is 4.79 Å². The second kappa shape index (κ2) is 13.6. The van der Waals surface area contributed by atoms with E-state index in [4.69, 9.17) is 9.72 Å². The van der Waals surface area contributed by atoms with Crippen molar-refractivity contribution < 1.29 is 21.6 Å². The molecule has 2 saturated heterocycles. The number of ether oxygens (including phenoxy) is 1. The van der Waals surface area contributed by atoms with Crippen molar-refractivity contribution in [2.24, 2.45) is 5.92 Å². The lowest BCUT2D eigenvalue weighted by Crippen LogP contribution is -2.58. The molecule has 2 atom stereocenters. The van der Waals surface area contributed by atoms with Crippen LogP contribution in [0, 0.1) is 11.7 Å². The number of carbonyl (C=O) groups is 2. The quantitative estimate of drug-likeness (QED) is 0.256. The third-order valence-electron chi connectivity index (χ3n) is 9.36. The number of nitrogens with zero attached hydrogens (tertiary/aromatic N) is 5. The second-order valence-corrected chi connectivity index (χ2v) is 12.8. The Morgan fingerprint density at radius 3 is 2.44 bits per heavy atom. The number of para-hydroxylation sites is 1. The van der Waals surface area contributed by atoms with E-state index in [0.29, 0.717) is 72.6 Å². The number of anilines is 2. The van der Waals surface area contributed by atoms with Gasteiger partial charge in [0.2, 0.25) is 5.91 Å². The van der Waals surface area contributed by atoms with Crippen molar-refractivity contribution in [3.63, 3.8) is 0 Å². The van der Waals surface area contributed by atoms with Gasteiger partial charge >= 0.3 is 6.03 Å². The van der Waals surface area contributed by atoms with E-state index < -0.39 is 17.9 Å². The highest BCUT2D eigenvalue weighted by atomic mass is 19.1. The van der Waals surface area contributed by atoms with Crippen LogP contribution in [0.5, 0.6) is 5.75 Å². The molecule has 0 spiro atoms. The molecule has 7 rings (SSSR count). The zero-order valence-corrected chi connectivity index (χ0v) is 27.0. The van der Waals surface area contributed by atoms with Gasteiger partial charge in [-0.1, -0.05) is 12.1 Å². The molecule has 1 saturated carbocycles. The molecular weight excluding hydrogens is 613 g/mol. The fourth-order valence-electron chi connectivity index (χ4n) is 6.47. The van der Waals surface area contributed by atoms with Crippen LogP contribution in [0.25, 0.3) is 10.9 Å². The van der Waals surface area contributed by atoms with E-state index in [1.807, 2.05) is 47.2 Å². The first-order valence-electron chi connectivity index (χ1n) is 16.7. The van der Waals surface area contributed by atoms with Crippen LogP contribution in [0.15, 0.2) is 77.6 Å². The lowest BCUT2D eigenvalue weighted by molar-refractivity contribution is -0.133. The number of hydrogen-bond donors (Lipinski definition) is 2. The fraction of sp³-hybridized carbons (Fsp3) is 0.389. The van der Waals surface area contributed by atoms with Crippen molar-refractivity contribution in [1.82, 2.24) is 19.9 Å². The summed E-state index contributed by atoms with van der Waals surface area (Å²) in [6.07, 6.45) is 4.17. The Balaban J connectivity index is 0.00000243. The minimum Gasteiger partial charge on any atom is -0.493 e. The number of nitrogens with one attached hydrogen (secondary N) is 2. The van der Waals surface area contributed by atoms with Gasteiger partial charge in [-0.2, -0.15) is 0 Å². The second-order valence-electron chi connectivity index (χ2n) is 12.8. The number of amides is 3. The van der Waals surface area contributed by atoms with Crippen molar-refractivity contribution in [3.05, 3.63) is 94.8 Å². The minimum atomic E-state index is -0.733. The molecule has 48 heavy (non-hydrogen) atoms. The van der Waals surface area contributed by atoms with Crippen LogP contribution in [0.3, 0.4) is 0 Å². The molecule has 11 nitrogen and oxygen atoms in total. The van der Waals surface area contributed by atoms with Gasteiger partial charge in [0.05, 0.1) is 42.7 Å². The molecule has 3 aliphatic rings. The summed E-state index contributed by atoms with van der Waals surface area (Å²) in [4.78, 5) is 49.9. The lowest BCUT2D eigenvalue weighted by Gasteiger charge is -2.39. The molecule has 3 heterocycles. The minimum absolute atomic E-state index is 0. The van der Waals surface area contributed by atoms with Crippen LogP contribution in [0.2, 0.25) is 0 Å². The van der Waals surface area contributed by atoms with Crippen LogP contribution in [0.4, 0.5) is 20.6 Å². The van der Waals surface area contributed by atoms with Gasteiger partial charge in [0, 0.05) is 27.3 Å². The highest BCUT2D eigenvalue weighted by Crippen LogP contribution is 2.32. The van der Waals surface area contributed by atoms with Gasteiger partial charge in [0.15, 0.2) is 5.82 Å². The molecule has 0 bridgehead atoms.